The summed E-state index contributed by atoms with van der Waals surface area (Å²) in [7, 11) is 2.00. The molecule has 0 spiro atoms. The summed E-state index contributed by atoms with van der Waals surface area (Å²) in [4.78, 5) is 18.1. The Morgan fingerprint density at radius 2 is 1.68 bits per heavy atom. The highest BCUT2D eigenvalue weighted by molar-refractivity contribution is 5.94. The number of amides is 1. The van der Waals surface area contributed by atoms with Crippen molar-refractivity contribution in [3.8, 4) is 17.1 Å². The topological polar surface area (TPSA) is 46.3 Å². The molecule has 6 heteroatoms. The molecular formula is C28H31N5O. The van der Waals surface area contributed by atoms with Crippen LogP contribution in [0.5, 0.6) is 0 Å². The number of aromatic nitrogens is 3. The molecule has 1 saturated heterocycles. The first kappa shape index (κ1) is 22.2. The number of nitrogens with zero attached hydrogens (tertiary/aromatic N) is 5. The van der Waals surface area contributed by atoms with E-state index in [0.717, 1.165) is 42.3 Å². The van der Waals surface area contributed by atoms with E-state index < -0.39 is 0 Å². The lowest BCUT2D eigenvalue weighted by molar-refractivity contribution is 0.0619. The summed E-state index contributed by atoms with van der Waals surface area (Å²) in [5.74, 6) is 0.0345. The molecule has 1 fully saturated rings. The van der Waals surface area contributed by atoms with Crippen LogP contribution in [0.25, 0.3) is 17.1 Å². The normalized spacial score (nSPS) is 14.5. The number of piperazine rings is 1. The first-order chi connectivity index (χ1) is 16.5. The van der Waals surface area contributed by atoms with Crippen molar-refractivity contribution in [3.05, 3.63) is 95.3 Å². The molecule has 0 bridgehead atoms. The molecule has 174 valence electrons. The van der Waals surface area contributed by atoms with Crippen molar-refractivity contribution in [1.29, 1.82) is 0 Å². The molecule has 0 saturated carbocycles. The van der Waals surface area contributed by atoms with Gasteiger partial charge in [0.1, 0.15) is 11.4 Å². The molecule has 0 atom stereocenters. The van der Waals surface area contributed by atoms with Crippen molar-refractivity contribution in [1.82, 2.24) is 24.1 Å². The third kappa shape index (κ3) is 4.41. The summed E-state index contributed by atoms with van der Waals surface area (Å²) in [6, 6.07) is 22.7. The lowest BCUT2D eigenvalue weighted by Gasteiger charge is -2.34. The predicted molar refractivity (Wildman–Crippen MR) is 135 cm³/mol. The molecule has 0 aliphatic carbocycles. The fourth-order valence-electron chi connectivity index (χ4n) is 4.73. The molecule has 4 aromatic rings. The maximum absolute atomic E-state index is 13.7. The minimum absolute atomic E-state index is 0.0345. The smallest absolute Gasteiger partial charge is 0.272 e. The van der Waals surface area contributed by atoms with Crippen molar-refractivity contribution < 1.29 is 4.79 Å². The Morgan fingerprint density at radius 1 is 0.912 bits per heavy atom. The molecule has 34 heavy (non-hydrogen) atoms. The Balaban J connectivity index is 1.41. The highest BCUT2D eigenvalue weighted by Crippen LogP contribution is 2.25. The number of hydrogen-bond donors (Lipinski definition) is 0. The van der Waals surface area contributed by atoms with Gasteiger partial charge in [0.25, 0.3) is 5.91 Å². The maximum atomic E-state index is 13.7. The van der Waals surface area contributed by atoms with E-state index in [1.54, 1.807) is 0 Å². The van der Waals surface area contributed by atoms with E-state index in [-0.39, 0.29) is 5.91 Å². The van der Waals surface area contributed by atoms with Gasteiger partial charge < -0.3 is 9.47 Å². The van der Waals surface area contributed by atoms with Crippen LogP contribution >= 0.6 is 0 Å². The Kier molecular flexibility index (Phi) is 6.07. The van der Waals surface area contributed by atoms with E-state index in [9.17, 15) is 4.79 Å². The zero-order chi connectivity index (χ0) is 23.7. The third-order valence-electron chi connectivity index (χ3n) is 6.62. The van der Waals surface area contributed by atoms with Crippen LogP contribution in [-0.4, -0.2) is 56.2 Å². The van der Waals surface area contributed by atoms with Crippen LogP contribution in [0.1, 0.15) is 27.2 Å². The van der Waals surface area contributed by atoms with Crippen LogP contribution in [0.3, 0.4) is 0 Å². The van der Waals surface area contributed by atoms with Crippen LogP contribution in [0, 0.1) is 13.8 Å². The van der Waals surface area contributed by atoms with Crippen molar-refractivity contribution >= 4 is 5.91 Å². The van der Waals surface area contributed by atoms with E-state index in [2.05, 4.69) is 61.2 Å². The lowest BCUT2D eigenvalue weighted by atomic mass is 10.1. The van der Waals surface area contributed by atoms with Crippen LogP contribution < -0.4 is 0 Å². The molecule has 0 unspecified atom stereocenters. The first-order valence-electron chi connectivity index (χ1n) is 11.8. The number of hydrogen-bond acceptors (Lipinski definition) is 3. The number of aryl methyl sites for hydroxylation is 3. The van der Waals surface area contributed by atoms with Crippen molar-refractivity contribution in [2.24, 2.45) is 7.05 Å². The quantitative estimate of drug-likeness (QED) is 0.448. The molecule has 0 radical (unpaired) electrons. The lowest BCUT2D eigenvalue weighted by Crippen LogP contribution is -2.48. The Labute approximate surface area is 201 Å². The van der Waals surface area contributed by atoms with Gasteiger partial charge >= 0.3 is 0 Å². The fraction of sp³-hybridized carbons (Fsp3) is 0.286. The van der Waals surface area contributed by atoms with Gasteiger partial charge in [-0.3, -0.25) is 9.69 Å². The van der Waals surface area contributed by atoms with E-state index in [4.69, 9.17) is 5.10 Å². The van der Waals surface area contributed by atoms with Crippen LogP contribution in [0.2, 0.25) is 0 Å². The van der Waals surface area contributed by atoms with Gasteiger partial charge in [0, 0.05) is 46.0 Å². The number of carbonyl (C=O) groups excluding carboxylic acids is 1. The number of rotatable bonds is 5. The third-order valence-corrected chi connectivity index (χ3v) is 6.62. The van der Waals surface area contributed by atoms with Gasteiger partial charge in [0.2, 0.25) is 0 Å². The summed E-state index contributed by atoms with van der Waals surface area (Å²) in [5, 5.41) is 4.90. The highest BCUT2D eigenvalue weighted by Gasteiger charge is 2.27. The van der Waals surface area contributed by atoms with Gasteiger partial charge in [-0.2, -0.15) is 5.10 Å². The van der Waals surface area contributed by atoms with Gasteiger partial charge in [-0.05, 0) is 49.2 Å². The van der Waals surface area contributed by atoms with Crippen LogP contribution in [0.15, 0.2) is 72.9 Å². The SMILES string of the molecule is Cc1ccc(-n2nc(-c3cccn3C)cc2C(=O)N2CCN(Cc3ccccc3)CC2)c(C)c1. The van der Waals surface area contributed by atoms with Crippen molar-refractivity contribution in [2.75, 3.05) is 26.2 Å². The van der Waals surface area contributed by atoms with E-state index >= 15 is 0 Å². The summed E-state index contributed by atoms with van der Waals surface area (Å²) in [5.41, 5.74) is 6.95. The monoisotopic (exact) mass is 453 g/mol. The Hall–Kier alpha value is -3.64. The highest BCUT2D eigenvalue weighted by atomic mass is 16.2. The predicted octanol–water partition coefficient (Wildman–Crippen LogP) is 4.45. The molecule has 3 heterocycles. The van der Waals surface area contributed by atoms with Gasteiger partial charge in [0.05, 0.1) is 11.4 Å². The minimum Gasteiger partial charge on any atom is -0.349 e. The minimum atomic E-state index is 0.0345. The molecule has 5 rings (SSSR count). The Morgan fingerprint density at radius 3 is 2.35 bits per heavy atom. The molecular weight excluding hydrogens is 422 g/mol. The zero-order valence-electron chi connectivity index (χ0n) is 20.1. The second kappa shape index (κ2) is 9.31. The molecule has 0 N–H and O–H groups in total. The van der Waals surface area contributed by atoms with Gasteiger partial charge in [-0.25, -0.2) is 4.68 Å². The summed E-state index contributed by atoms with van der Waals surface area (Å²) in [6.07, 6.45) is 2.00. The van der Waals surface area contributed by atoms with Crippen LogP contribution in [-0.2, 0) is 13.6 Å². The van der Waals surface area contributed by atoms with Gasteiger partial charge in [0.15, 0.2) is 0 Å². The standard InChI is InChI=1S/C28H31N5O/c1-21-11-12-25(22(2)18-21)33-27(19-24(29-33)26-10-7-13-30(26)3)28(34)32-16-14-31(15-17-32)20-23-8-5-4-6-9-23/h4-13,18-19H,14-17,20H2,1-3H3. The second-order valence-corrected chi connectivity index (χ2v) is 9.17. The van der Waals surface area contributed by atoms with Crippen molar-refractivity contribution in [3.63, 3.8) is 0 Å². The van der Waals surface area contributed by atoms with E-state index in [1.165, 1.54) is 11.1 Å². The fourth-order valence-corrected chi connectivity index (χ4v) is 4.73. The molecule has 2 aromatic heterocycles. The zero-order valence-corrected chi connectivity index (χ0v) is 20.1. The first-order valence-corrected chi connectivity index (χ1v) is 11.8. The molecule has 1 aliphatic heterocycles. The van der Waals surface area contributed by atoms with Gasteiger partial charge in [-0.1, -0.05) is 48.0 Å². The second-order valence-electron chi connectivity index (χ2n) is 9.17. The maximum Gasteiger partial charge on any atom is 0.272 e. The van der Waals surface area contributed by atoms with Crippen molar-refractivity contribution in [2.45, 2.75) is 20.4 Å². The number of carbonyl (C=O) groups is 1. The van der Waals surface area contributed by atoms with E-state index in [0.29, 0.717) is 18.8 Å². The van der Waals surface area contributed by atoms with E-state index in [1.807, 2.05) is 51.7 Å². The molecule has 6 nitrogen and oxygen atoms in total. The average Bonchev–Trinajstić information content (AvgIpc) is 3.46. The molecule has 1 amide bonds. The van der Waals surface area contributed by atoms with Gasteiger partial charge in [-0.15, -0.1) is 0 Å². The van der Waals surface area contributed by atoms with Crippen LogP contribution in [0.4, 0.5) is 0 Å². The summed E-state index contributed by atoms with van der Waals surface area (Å²) in [6.45, 7) is 8.22. The summed E-state index contributed by atoms with van der Waals surface area (Å²) < 4.78 is 3.86. The number of benzene rings is 2. The molecule has 2 aromatic carbocycles. The average molecular weight is 454 g/mol. The summed E-state index contributed by atoms with van der Waals surface area (Å²) >= 11 is 0. The molecule has 1 aliphatic rings. The Bertz CT molecular complexity index is 1300. The largest absolute Gasteiger partial charge is 0.349 e.